The number of aliphatic hydroxyl groups is 1. The van der Waals surface area contributed by atoms with E-state index in [4.69, 9.17) is 15.9 Å². The minimum atomic E-state index is -1.68. The lowest BCUT2D eigenvalue weighted by molar-refractivity contribution is -0.151. The number of likely N-dealkylation sites (tertiary alicyclic amines) is 1. The van der Waals surface area contributed by atoms with E-state index in [9.17, 15) is 39.0 Å². The fourth-order valence-corrected chi connectivity index (χ4v) is 3.18. The van der Waals surface area contributed by atoms with E-state index in [1.807, 2.05) is 0 Å². The molecule has 1 fully saturated rings. The summed E-state index contributed by atoms with van der Waals surface area (Å²) in [5, 5.41) is 41.2. The van der Waals surface area contributed by atoms with E-state index >= 15 is 0 Å². The Hall–Kier alpha value is -3.26. The molecule has 5 atom stereocenters. The van der Waals surface area contributed by atoms with Crippen LogP contribution in [0.15, 0.2) is 0 Å². The van der Waals surface area contributed by atoms with Gasteiger partial charge in [0.05, 0.1) is 18.6 Å². The zero-order chi connectivity index (χ0) is 24.6. The molecule has 0 spiro atoms. The highest BCUT2D eigenvalue weighted by molar-refractivity contribution is 5.96. The number of carbonyl (C=O) groups excluding carboxylic acids is 3. The van der Waals surface area contributed by atoms with Crippen molar-refractivity contribution in [3.63, 3.8) is 0 Å². The number of nitrogens with one attached hydrogen (secondary N) is 2. The average molecular weight is 460 g/mol. The second kappa shape index (κ2) is 12.0. The van der Waals surface area contributed by atoms with Crippen LogP contribution in [0.5, 0.6) is 0 Å². The van der Waals surface area contributed by atoms with Gasteiger partial charge in [-0.1, -0.05) is 0 Å². The van der Waals surface area contributed by atoms with E-state index in [-0.39, 0.29) is 19.4 Å². The third-order valence-corrected chi connectivity index (χ3v) is 4.88. The molecule has 32 heavy (non-hydrogen) atoms. The number of amides is 3. The molecule has 0 radical (unpaired) electrons. The number of carboxylic acid groups (broad SMARTS) is 3. The number of rotatable bonds is 12. The highest BCUT2D eigenvalue weighted by atomic mass is 16.4. The zero-order valence-electron chi connectivity index (χ0n) is 17.4. The largest absolute Gasteiger partial charge is 0.481 e. The van der Waals surface area contributed by atoms with Gasteiger partial charge in [-0.15, -0.1) is 0 Å². The maximum atomic E-state index is 12.8. The Kier molecular flexibility index (Phi) is 10.00. The van der Waals surface area contributed by atoms with Crippen molar-refractivity contribution in [1.82, 2.24) is 15.5 Å². The van der Waals surface area contributed by atoms with Crippen LogP contribution in [0.4, 0.5) is 0 Å². The first-order valence-electron chi connectivity index (χ1n) is 9.86. The first-order chi connectivity index (χ1) is 14.8. The fraction of sp³-hybridized carbons (Fsp3) is 0.667. The molecule has 0 aromatic heterocycles. The third kappa shape index (κ3) is 7.77. The number of nitrogens with two attached hydrogens (primary N) is 1. The monoisotopic (exact) mass is 460 g/mol. The van der Waals surface area contributed by atoms with Gasteiger partial charge in [0.15, 0.2) is 0 Å². The van der Waals surface area contributed by atoms with E-state index in [2.05, 4.69) is 10.6 Å². The Morgan fingerprint density at radius 1 is 1.03 bits per heavy atom. The van der Waals surface area contributed by atoms with Gasteiger partial charge < -0.3 is 41.7 Å². The number of nitrogens with zero attached hydrogens (tertiary/aromatic N) is 1. The summed E-state index contributed by atoms with van der Waals surface area (Å²) in [5.41, 5.74) is 5.56. The summed E-state index contributed by atoms with van der Waals surface area (Å²) in [4.78, 5) is 71.6. The molecular weight excluding hydrogens is 432 g/mol. The first-order valence-corrected chi connectivity index (χ1v) is 9.86. The van der Waals surface area contributed by atoms with Gasteiger partial charge in [-0.2, -0.15) is 0 Å². The van der Waals surface area contributed by atoms with Gasteiger partial charge in [0.2, 0.25) is 17.7 Å². The van der Waals surface area contributed by atoms with Crippen molar-refractivity contribution in [2.24, 2.45) is 5.73 Å². The van der Waals surface area contributed by atoms with E-state index in [1.165, 1.54) is 6.92 Å². The van der Waals surface area contributed by atoms with Crippen molar-refractivity contribution in [3.05, 3.63) is 0 Å². The maximum Gasteiger partial charge on any atom is 0.326 e. The van der Waals surface area contributed by atoms with Crippen LogP contribution in [0.2, 0.25) is 0 Å². The summed E-state index contributed by atoms with van der Waals surface area (Å²) >= 11 is 0. The smallest absolute Gasteiger partial charge is 0.326 e. The third-order valence-electron chi connectivity index (χ3n) is 4.88. The summed E-state index contributed by atoms with van der Waals surface area (Å²) in [6.07, 6.45) is -2.42. The molecule has 0 aromatic rings. The number of aliphatic hydroxyl groups excluding tert-OH is 1. The van der Waals surface area contributed by atoms with Gasteiger partial charge >= 0.3 is 17.9 Å². The Bertz CT molecular complexity index is 756. The molecule has 1 heterocycles. The van der Waals surface area contributed by atoms with Crippen LogP contribution in [-0.4, -0.2) is 97.8 Å². The Balaban J connectivity index is 2.94. The lowest BCUT2D eigenvalue weighted by atomic mass is 10.1. The number of hydrogen-bond acceptors (Lipinski definition) is 8. The first kappa shape index (κ1) is 26.8. The molecule has 0 saturated carbocycles. The molecule has 1 rings (SSSR count). The molecular formula is C18H28N4O10. The van der Waals surface area contributed by atoms with Gasteiger partial charge in [-0.05, 0) is 26.2 Å². The zero-order valence-corrected chi connectivity index (χ0v) is 17.4. The summed E-state index contributed by atoms with van der Waals surface area (Å²) in [6, 6.07) is -5.72. The molecule has 8 N–H and O–H groups in total. The standard InChI is InChI=1S/C18H28N4O10/c1-8(23)14(17(30)22-6-2-3-11(22)18(31)32)21-16(29)10(7-13(26)27)20-15(28)9(19)4-5-12(24)25/h8-11,14,23H,2-7,19H2,1H3,(H,20,28)(H,21,29)(H,24,25)(H,26,27)(H,31,32). The summed E-state index contributed by atoms with van der Waals surface area (Å²) in [5.74, 6) is -6.85. The Morgan fingerprint density at radius 3 is 2.16 bits per heavy atom. The summed E-state index contributed by atoms with van der Waals surface area (Å²) in [6.45, 7) is 1.28. The van der Waals surface area contributed by atoms with E-state index in [0.29, 0.717) is 6.42 Å². The summed E-state index contributed by atoms with van der Waals surface area (Å²) < 4.78 is 0. The van der Waals surface area contributed by atoms with Crippen LogP contribution in [0.1, 0.15) is 39.0 Å². The normalized spacial score (nSPS) is 19.3. The van der Waals surface area contributed by atoms with Gasteiger partial charge in [0, 0.05) is 13.0 Å². The van der Waals surface area contributed by atoms with Crippen LogP contribution in [0.25, 0.3) is 0 Å². The molecule has 14 nitrogen and oxygen atoms in total. The van der Waals surface area contributed by atoms with Crippen molar-refractivity contribution < 1.29 is 49.2 Å². The molecule has 3 amide bonds. The Labute approximate surface area is 182 Å². The van der Waals surface area contributed by atoms with Gasteiger partial charge in [0.25, 0.3) is 0 Å². The van der Waals surface area contributed by atoms with Crippen LogP contribution in [0.3, 0.4) is 0 Å². The highest BCUT2D eigenvalue weighted by Gasteiger charge is 2.40. The lowest BCUT2D eigenvalue weighted by Gasteiger charge is -2.30. The van der Waals surface area contributed by atoms with Crippen molar-refractivity contribution >= 4 is 35.6 Å². The van der Waals surface area contributed by atoms with Crippen molar-refractivity contribution in [2.75, 3.05) is 6.54 Å². The average Bonchev–Trinajstić information content (AvgIpc) is 3.18. The fourth-order valence-electron chi connectivity index (χ4n) is 3.18. The number of aliphatic carboxylic acids is 3. The highest BCUT2D eigenvalue weighted by Crippen LogP contribution is 2.19. The molecule has 1 aliphatic heterocycles. The SMILES string of the molecule is CC(O)C(NC(=O)C(CC(=O)O)NC(=O)C(N)CCC(=O)O)C(=O)N1CCCC1C(=O)O. The van der Waals surface area contributed by atoms with E-state index < -0.39 is 78.7 Å². The van der Waals surface area contributed by atoms with Crippen LogP contribution < -0.4 is 16.4 Å². The summed E-state index contributed by atoms with van der Waals surface area (Å²) in [7, 11) is 0. The van der Waals surface area contributed by atoms with E-state index in [1.54, 1.807) is 0 Å². The maximum absolute atomic E-state index is 12.8. The quantitative estimate of drug-likeness (QED) is 0.156. The molecule has 14 heteroatoms. The van der Waals surface area contributed by atoms with Crippen LogP contribution >= 0.6 is 0 Å². The predicted octanol–water partition coefficient (Wildman–Crippen LogP) is -2.92. The minimum absolute atomic E-state index is 0.0998. The molecule has 0 aromatic carbocycles. The van der Waals surface area contributed by atoms with Crippen molar-refractivity contribution in [3.8, 4) is 0 Å². The molecule has 1 aliphatic rings. The predicted molar refractivity (Wildman–Crippen MR) is 105 cm³/mol. The number of carboxylic acids is 3. The van der Waals surface area contributed by atoms with Crippen molar-refractivity contribution in [1.29, 1.82) is 0 Å². The van der Waals surface area contributed by atoms with E-state index in [0.717, 1.165) is 4.90 Å². The Morgan fingerprint density at radius 2 is 1.66 bits per heavy atom. The van der Waals surface area contributed by atoms with Crippen molar-refractivity contribution in [2.45, 2.75) is 69.3 Å². The van der Waals surface area contributed by atoms with Crippen LogP contribution in [0, 0.1) is 0 Å². The molecule has 0 aliphatic carbocycles. The number of hydrogen-bond donors (Lipinski definition) is 7. The molecule has 1 saturated heterocycles. The minimum Gasteiger partial charge on any atom is -0.481 e. The second-order valence-corrected chi connectivity index (χ2v) is 7.45. The van der Waals surface area contributed by atoms with Gasteiger partial charge in [0.1, 0.15) is 18.1 Å². The lowest BCUT2D eigenvalue weighted by Crippen LogP contribution is -2.60. The topological polar surface area (TPSA) is 237 Å². The number of carbonyl (C=O) groups is 6. The second-order valence-electron chi connectivity index (χ2n) is 7.45. The molecule has 0 bridgehead atoms. The van der Waals surface area contributed by atoms with Crippen LogP contribution in [-0.2, 0) is 28.8 Å². The van der Waals surface area contributed by atoms with Gasteiger partial charge in [-0.25, -0.2) is 4.79 Å². The molecule has 5 unspecified atom stereocenters. The van der Waals surface area contributed by atoms with Gasteiger partial charge in [-0.3, -0.25) is 24.0 Å². The molecule has 180 valence electrons.